The average molecular weight is 344 g/mol. The lowest BCUT2D eigenvalue weighted by Crippen LogP contribution is -2.28. The molecule has 6 nitrogen and oxygen atoms in total. The van der Waals surface area contributed by atoms with Gasteiger partial charge in [0, 0.05) is 23.4 Å². The van der Waals surface area contributed by atoms with Crippen LogP contribution in [0.1, 0.15) is 41.0 Å². The minimum absolute atomic E-state index is 0.00446. The Morgan fingerprint density at radius 2 is 1.92 bits per heavy atom. The van der Waals surface area contributed by atoms with Crippen molar-refractivity contribution in [1.82, 2.24) is 10.3 Å². The molecule has 0 aliphatic heterocycles. The van der Waals surface area contributed by atoms with Crippen molar-refractivity contribution in [2.75, 3.05) is 7.11 Å². The highest BCUT2D eigenvalue weighted by atomic mass is 16.5. The van der Waals surface area contributed by atoms with Crippen molar-refractivity contribution in [2.45, 2.75) is 40.3 Å². The van der Waals surface area contributed by atoms with Crippen LogP contribution in [0.2, 0.25) is 0 Å². The predicted molar refractivity (Wildman–Crippen MR) is 96.5 cm³/mol. The van der Waals surface area contributed by atoms with E-state index in [4.69, 9.17) is 9.47 Å². The quantitative estimate of drug-likeness (QED) is 0.844. The fourth-order valence-electron chi connectivity index (χ4n) is 2.53. The van der Waals surface area contributed by atoms with Crippen LogP contribution in [0.15, 0.2) is 29.1 Å². The summed E-state index contributed by atoms with van der Waals surface area (Å²) in [5, 5.41) is 2.77. The summed E-state index contributed by atoms with van der Waals surface area (Å²) in [5.74, 6) is 0.791. The van der Waals surface area contributed by atoms with Gasteiger partial charge < -0.3 is 19.8 Å². The van der Waals surface area contributed by atoms with Gasteiger partial charge in [0.2, 0.25) is 0 Å². The molecular weight excluding hydrogens is 320 g/mol. The van der Waals surface area contributed by atoms with Crippen molar-refractivity contribution in [1.29, 1.82) is 0 Å². The number of methoxy groups -OCH3 is 1. The Kier molecular flexibility index (Phi) is 5.85. The third kappa shape index (κ3) is 4.62. The zero-order chi connectivity index (χ0) is 18.6. The molecule has 0 atom stereocenters. The second-order valence-corrected chi connectivity index (χ2v) is 6.16. The lowest BCUT2D eigenvalue weighted by Gasteiger charge is -2.14. The van der Waals surface area contributed by atoms with E-state index in [1.807, 2.05) is 33.8 Å². The molecule has 0 radical (unpaired) electrons. The molecule has 2 aromatic rings. The molecule has 0 unspecified atom stereocenters. The highest BCUT2D eigenvalue weighted by Crippen LogP contribution is 2.28. The number of hydrogen-bond acceptors (Lipinski definition) is 4. The van der Waals surface area contributed by atoms with E-state index in [2.05, 4.69) is 10.3 Å². The average Bonchev–Trinajstić information content (AvgIpc) is 2.53. The van der Waals surface area contributed by atoms with Crippen molar-refractivity contribution in [3.8, 4) is 11.5 Å². The Hall–Kier alpha value is -2.76. The Bertz CT molecular complexity index is 825. The number of nitrogens with one attached hydrogen (secondary N) is 2. The molecule has 1 heterocycles. The van der Waals surface area contributed by atoms with Crippen molar-refractivity contribution in [3.63, 3.8) is 0 Å². The summed E-state index contributed by atoms with van der Waals surface area (Å²) in [5.41, 5.74) is 2.44. The second kappa shape index (κ2) is 7.88. The first kappa shape index (κ1) is 18.6. The lowest BCUT2D eigenvalue weighted by atomic mass is 10.1. The van der Waals surface area contributed by atoms with E-state index in [9.17, 15) is 9.59 Å². The molecule has 0 bridgehead atoms. The van der Waals surface area contributed by atoms with Gasteiger partial charge in [0.05, 0.1) is 13.2 Å². The van der Waals surface area contributed by atoms with Crippen LogP contribution in [-0.2, 0) is 6.54 Å². The van der Waals surface area contributed by atoms with Gasteiger partial charge in [-0.3, -0.25) is 9.59 Å². The molecule has 6 heteroatoms. The number of carbonyl (C=O) groups is 1. The van der Waals surface area contributed by atoms with Crippen LogP contribution in [0.3, 0.4) is 0 Å². The molecule has 134 valence electrons. The number of aromatic nitrogens is 1. The van der Waals surface area contributed by atoms with Crippen LogP contribution in [0.5, 0.6) is 11.5 Å². The van der Waals surface area contributed by atoms with E-state index < -0.39 is 0 Å². The minimum Gasteiger partial charge on any atom is -0.493 e. The highest BCUT2D eigenvalue weighted by molar-refractivity contribution is 5.94. The zero-order valence-electron chi connectivity index (χ0n) is 15.2. The molecule has 0 saturated carbocycles. The first-order valence-electron chi connectivity index (χ1n) is 8.14. The van der Waals surface area contributed by atoms with Gasteiger partial charge in [-0.15, -0.1) is 0 Å². The van der Waals surface area contributed by atoms with Crippen LogP contribution in [0.25, 0.3) is 0 Å². The van der Waals surface area contributed by atoms with Gasteiger partial charge in [0.15, 0.2) is 11.5 Å². The van der Waals surface area contributed by atoms with E-state index in [-0.39, 0.29) is 24.1 Å². The smallest absolute Gasteiger partial charge is 0.253 e. The maximum absolute atomic E-state index is 12.4. The summed E-state index contributed by atoms with van der Waals surface area (Å²) in [6, 6.07) is 6.88. The number of pyridine rings is 1. The zero-order valence-corrected chi connectivity index (χ0v) is 15.2. The monoisotopic (exact) mass is 344 g/mol. The number of amides is 1. The van der Waals surface area contributed by atoms with Crippen molar-refractivity contribution in [3.05, 3.63) is 57.0 Å². The summed E-state index contributed by atoms with van der Waals surface area (Å²) in [6.07, 6.45) is 0.00446. The number of aryl methyl sites for hydroxylation is 2. The first-order chi connectivity index (χ1) is 11.8. The first-order valence-corrected chi connectivity index (χ1v) is 8.14. The molecule has 1 amide bonds. The third-order valence-electron chi connectivity index (χ3n) is 3.71. The minimum atomic E-state index is -0.284. The Labute approximate surface area is 147 Å². The summed E-state index contributed by atoms with van der Waals surface area (Å²) in [6.45, 7) is 7.67. The number of carbonyl (C=O) groups excluding carboxylic acids is 1. The summed E-state index contributed by atoms with van der Waals surface area (Å²) < 4.78 is 10.9. The molecule has 2 N–H and O–H groups in total. The highest BCUT2D eigenvalue weighted by Gasteiger charge is 2.13. The number of ether oxygens (including phenoxy) is 2. The van der Waals surface area contributed by atoms with E-state index in [1.54, 1.807) is 18.2 Å². The molecule has 25 heavy (non-hydrogen) atoms. The summed E-state index contributed by atoms with van der Waals surface area (Å²) in [7, 11) is 1.53. The van der Waals surface area contributed by atoms with Crippen molar-refractivity contribution in [2.24, 2.45) is 0 Å². The standard InChI is InChI=1S/C19H24N2O4/c1-11(2)25-16-7-6-14(9-17(16)24-5)18(22)20-10-15-12(3)8-13(4)21-19(15)23/h6-9,11H,10H2,1-5H3,(H,20,22)(H,21,23). The maximum atomic E-state index is 12.4. The fourth-order valence-corrected chi connectivity index (χ4v) is 2.53. The van der Waals surface area contributed by atoms with Gasteiger partial charge in [-0.1, -0.05) is 0 Å². The van der Waals surface area contributed by atoms with Crippen LogP contribution in [0, 0.1) is 13.8 Å². The summed E-state index contributed by atoms with van der Waals surface area (Å²) >= 11 is 0. The molecule has 0 fully saturated rings. The van der Waals surface area contributed by atoms with Crippen LogP contribution in [0.4, 0.5) is 0 Å². The topological polar surface area (TPSA) is 80.4 Å². The van der Waals surface area contributed by atoms with Crippen LogP contribution in [-0.4, -0.2) is 24.1 Å². The van der Waals surface area contributed by atoms with E-state index in [0.29, 0.717) is 22.6 Å². The Morgan fingerprint density at radius 3 is 2.52 bits per heavy atom. The van der Waals surface area contributed by atoms with E-state index >= 15 is 0 Å². The van der Waals surface area contributed by atoms with Gasteiger partial charge in [0.1, 0.15) is 0 Å². The van der Waals surface area contributed by atoms with E-state index in [1.165, 1.54) is 7.11 Å². The molecular formula is C19H24N2O4. The SMILES string of the molecule is COc1cc(C(=O)NCc2c(C)cc(C)[nH]c2=O)ccc1OC(C)C. The van der Waals surface area contributed by atoms with Gasteiger partial charge in [-0.05, 0) is 57.5 Å². The maximum Gasteiger partial charge on any atom is 0.253 e. The molecule has 0 aliphatic carbocycles. The van der Waals surface area contributed by atoms with Gasteiger partial charge >= 0.3 is 0 Å². The van der Waals surface area contributed by atoms with Crippen LogP contribution >= 0.6 is 0 Å². The van der Waals surface area contributed by atoms with Crippen LogP contribution < -0.4 is 20.3 Å². The van der Waals surface area contributed by atoms with Gasteiger partial charge in [-0.25, -0.2) is 0 Å². The Morgan fingerprint density at radius 1 is 1.20 bits per heavy atom. The fraction of sp³-hybridized carbons (Fsp3) is 0.368. The molecule has 1 aromatic carbocycles. The molecule has 0 aliphatic rings. The number of benzene rings is 1. The van der Waals surface area contributed by atoms with E-state index in [0.717, 1.165) is 11.3 Å². The molecule has 2 rings (SSSR count). The van der Waals surface area contributed by atoms with Gasteiger partial charge in [0.25, 0.3) is 11.5 Å². The predicted octanol–water partition coefficient (Wildman–Crippen LogP) is 2.72. The van der Waals surface area contributed by atoms with Gasteiger partial charge in [-0.2, -0.15) is 0 Å². The van der Waals surface area contributed by atoms with Crippen molar-refractivity contribution >= 4 is 5.91 Å². The molecule has 1 aromatic heterocycles. The third-order valence-corrected chi connectivity index (χ3v) is 3.71. The second-order valence-electron chi connectivity index (χ2n) is 6.16. The largest absolute Gasteiger partial charge is 0.493 e. The summed E-state index contributed by atoms with van der Waals surface area (Å²) in [4.78, 5) is 27.1. The number of hydrogen-bond donors (Lipinski definition) is 2. The molecule has 0 saturated heterocycles. The normalized spacial score (nSPS) is 10.6. The van der Waals surface area contributed by atoms with Crippen molar-refractivity contribution < 1.29 is 14.3 Å². The lowest BCUT2D eigenvalue weighted by molar-refractivity contribution is 0.0950. The Balaban J connectivity index is 2.15. The number of rotatable bonds is 6. The number of H-pyrrole nitrogens is 1. The number of aromatic amines is 1. The molecule has 0 spiro atoms.